The van der Waals surface area contributed by atoms with Crippen molar-refractivity contribution in [1.29, 1.82) is 0 Å². The number of hydrogen-bond donors (Lipinski definition) is 2. The molecule has 0 spiro atoms. The SMILES string of the molecule is Cc1ccc(NC(=O)C(C)C)cc1NC(=O)C1=Cc2cc(Cl)ccc2OC1. The van der Waals surface area contributed by atoms with Gasteiger partial charge in [-0.3, -0.25) is 9.59 Å². The highest BCUT2D eigenvalue weighted by Crippen LogP contribution is 2.30. The van der Waals surface area contributed by atoms with E-state index in [4.69, 9.17) is 16.3 Å². The Morgan fingerprint density at radius 1 is 1.11 bits per heavy atom. The molecular formula is C21H21ClN2O3. The summed E-state index contributed by atoms with van der Waals surface area (Å²) in [6.07, 6.45) is 1.78. The van der Waals surface area contributed by atoms with Crippen LogP contribution >= 0.6 is 11.6 Å². The van der Waals surface area contributed by atoms with Crippen LogP contribution in [0.15, 0.2) is 42.0 Å². The van der Waals surface area contributed by atoms with E-state index in [1.807, 2.05) is 32.9 Å². The smallest absolute Gasteiger partial charge is 0.255 e. The molecule has 2 aromatic carbocycles. The molecule has 6 heteroatoms. The van der Waals surface area contributed by atoms with E-state index >= 15 is 0 Å². The molecule has 1 heterocycles. The van der Waals surface area contributed by atoms with Gasteiger partial charge in [0.2, 0.25) is 5.91 Å². The summed E-state index contributed by atoms with van der Waals surface area (Å²) in [7, 11) is 0. The van der Waals surface area contributed by atoms with Crippen molar-refractivity contribution in [2.75, 3.05) is 17.2 Å². The van der Waals surface area contributed by atoms with Gasteiger partial charge >= 0.3 is 0 Å². The first-order valence-electron chi connectivity index (χ1n) is 8.69. The summed E-state index contributed by atoms with van der Waals surface area (Å²) in [6, 6.07) is 10.7. The van der Waals surface area contributed by atoms with E-state index in [0.717, 1.165) is 11.1 Å². The second-order valence-corrected chi connectivity index (χ2v) is 7.20. The van der Waals surface area contributed by atoms with Gasteiger partial charge in [-0.15, -0.1) is 0 Å². The second-order valence-electron chi connectivity index (χ2n) is 6.77. The lowest BCUT2D eigenvalue weighted by atomic mass is 10.1. The first-order chi connectivity index (χ1) is 12.8. The van der Waals surface area contributed by atoms with Crippen molar-refractivity contribution in [2.45, 2.75) is 20.8 Å². The molecule has 0 unspecified atom stereocenters. The number of nitrogens with one attached hydrogen (secondary N) is 2. The number of hydrogen-bond acceptors (Lipinski definition) is 3. The van der Waals surface area contributed by atoms with Gasteiger partial charge in [0.1, 0.15) is 12.4 Å². The standard InChI is InChI=1S/C21H21ClN2O3/c1-12(2)20(25)23-17-6-4-13(3)18(10-17)24-21(26)15-8-14-9-16(22)5-7-19(14)27-11-15/h4-10,12H,11H2,1-3H3,(H,23,25)(H,24,26). The van der Waals surface area contributed by atoms with Gasteiger partial charge in [0.15, 0.2) is 0 Å². The molecule has 0 aliphatic carbocycles. The summed E-state index contributed by atoms with van der Waals surface area (Å²) < 4.78 is 5.64. The second kappa shape index (κ2) is 7.84. The van der Waals surface area contributed by atoms with Crippen molar-refractivity contribution in [3.8, 4) is 5.75 Å². The normalized spacial score (nSPS) is 12.7. The third-order valence-electron chi connectivity index (χ3n) is 4.25. The lowest BCUT2D eigenvalue weighted by molar-refractivity contribution is -0.119. The third kappa shape index (κ3) is 4.49. The number of amides is 2. The van der Waals surface area contributed by atoms with Gasteiger partial charge in [-0.05, 0) is 48.9 Å². The van der Waals surface area contributed by atoms with Crippen molar-refractivity contribution < 1.29 is 14.3 Å². The molecular weight excluding hydrogens is 364 g/mol. The van der Waals surface area contributed by atoms with E-state index in [1.165, 1.54) is 0 Å². The summed E-state index contributed by atoms with van der Waals surface area (Å²) in [5.41, 5.74) is 3.45. The Morgan fingerprint density at radius 2 is 1.89 bits per heavy atom. The third-order valence-corrected chi connectivity index (χ3v) is 4.49. The lowest BCUT2D eigenvalue weighted by Gasteiger charge is -2.18. The van der Waals surface area contributed by atoms with Crippen molar-refractivity contribution in [3.05, 3.63) is 58.1 Å². The number of ether oxygens (including phenoxy) is 1. The Hall–Kier alpha value is -2.79. The molecule has 0 bridgehead atoms. The molecule has 0 aromatic heterocycles. The molecule has 2 amide bonds. The van der Waals surface area contributed by atoms with Crippen LogP contribution in [0.4, 0.5) is 11.4 Å². The molecule has 0 radical (unpaired) electrons. The average molecular weight is 385 g/mol. The number of halogens is 1. The number of carbonyl (C=O) groups excluding carboxylic acids is 2. The van der Waals surface area contributed by atoms with Gasteiger partial charge in [0, 0.05) is 27.9 Å². The van der Waals surface area contributed by atoms with Gasteiger partial charge in [0.05, 0.1) is 5.57 Å². The maximum absolute atomic E-state index is 12.7. The zero-order valence-corrected chi connectivity index (χ0v) is 16.2. The first kappa shape index (κ1) is 19.0. The zero-order chi connectivity index (χ0) is 19.6. The Kier molecular flexibility index (Phi) is 5.51. The highest BCUT2D eigenvalue weighted by Gasteiger charge is 2.18. The van der Waals surface area contributed by atoms with Crippen molar-refractivity contribution in [2.24, 2.45) is 5.92 Å². The summed E-state index contributed by atoms with van der Waals surface area (Å²) in [5, 5.41) is 6.32. The maximum Gasteiger partial charge on any atom is 0.255 e. The van der Waals surface area contributed by atoms with Crippen LogP contribution in [0.25, 0.3) is 6.08 Å². The van der Waals surface area contributed by atoms with Crippen LogP contribution in [0.3, 0.4) is 0 Å². The summed E-state index contributed by atoms with van der Waals surface area (Å²) >= 11 is 6.02. The van der Waals surface area contributed by atoms with Crippen LogP contribution in [0.1, 0.15) is 25.0 Å². The molecule has 0 saturated carbocycles. The first-order valence-corrected chi connectivity index (χ1v) is 9.07. The molecule has 140 valence electrons. The number of benzene rings is 2. The molecule has 5 nitrogen and oxygen atoms in total. The predicted molar refractivity (Wildman–Crippen MR) is 108 cm³/mol. The molecule has 0 saturated heterocycles. The van der Waals surface area contributed by atoms with Gasteiger partial charge in [-0.25, -0.2) is 0 Å². The molecule has 0 fully saturated rings. The number of aryl methyl sites for hydroxylation is 1. The van der Waals surface area contributed by atoms with Gasteiger partial charge in [-0.2, -0.15) is 0 Å². The largest absolute Gasteiger partial charge is 0.488 e. The van der Waals surface area contributed by atoms with Gasteiger partial charge in [0.25, 0.3) is 5.91 Å². The van der Waals surface area contributed by atoms with E-state index in [2.05, 4.69) is 10.6 Å². The quantitative estimate of drug-likeness (QED) is 0.805. The zero-order valence-electron chi connectivity index (χ0n) is 15.4. The highest BCUT2D eigenvalue weighted by atomic mass is 35.5. The molecule has 1 aliphatic rings. The minimum absolute atomic E-state index is 0.0759. The fraction of sp³-hybridized carbons (Fsp3) is 0.238. The number of anilines is 2. The molecule has 27 heavy (non-hydrogen) atoms. The van der Waals surface area contributed by atoms with Gasteiger partial charge in [-0.1, -0.05) is 31.5 Å². The van der Waals surface area contributed by atoms with E-state index in [0.29, 0.717) is 27.7 Å². The van der Waals surface area contributed by atoms with E-state index in [-0.39, 0.29) is 24.3 Å². The number of fused-ring (bicyclic) bond motifs is 1. The molecule has 2 aromatic rings. The molecule has 0 atom stereocenters. The van der Waals surface area contributed by atoms with Crippen molar-refractivity contribution >= 4 is 40.9 Å². The van der Waals surface area contributed by atoms with Crippen LogP contribution in [-0.2, 0) is 9.59 Å². The Balaban J connectivity index is 1.79. The van der Waals surface area contributed by atoms with Crippen LogP contribution in [0.5, 0.6) is 5.75 Å². The molecule has 2 N–H and O–H groups in total. The van der Waals surface area contributed by atoms with Crippen LogP contribution in [-0.4, -0.2) is 18.4 Å². The fourth-order valence-electron chi connectivity index (χ4n) is 2.60. The average Bonchev–Trinajstić information content (AvgIpc) is 2.63. The van der Waals surface area contributed by atoms with Crippen LogP contribution in [0.2, 0.25) is 5.02 Å². The summed E-state index contributed by atoms with van der Waals surface area (Å²) in [5.74, 6) is 0.246. The highest BCUT2D eigenvalue weighted by molar-refractivity contribution is 6.30. The summed E-state index contributed by atoms with van der Waals surface area (Å²) in [4.78, 5) is 24.6. The Morgan fingerprint density at radius 3 is 2.63 bits per heavy atom. The minimum Gasteiger partial charge on any atom is -0.488 e. The summed E-state index contributed by atoms with van der Waals surface area (Å²) in [6.45, 7) is 5.73. The Bertz CT molecular complexity index is 935. The van der Waals surface area contributed by atoms with Crippen molar-refractivity contribution in [1.82, 2.24) is 0 Å². The fourth-order valence-corrected chi connectivity index (χ4v) is 2.78. The molecule has 1 aliphatic heterocycles. The van der Waals surface area contributed by atoms with Crippen LogP contribution < -0.4 is 15.4 Å². The maximum atomic E-state index is 12.7. The number of rotatable bonds is 4. The Labute approximate surface area is 163 Å². The van der Waals surface area contributed by atoms with E-state index in [9.17, 15) is 9.59 Å². The minimum atomic E-state index is -0.254. The van der Waals surface area contributed by atoms with Gasteiger partial charge < -0.3 is 15.4 Å². The lowest BCUT2D eigenvalue weighted by Crippen LogP contribution is -2.22. The topological polar surface area (TPSA) is 67.4 Å². The number of carbonyl (C=O) groups is 2. The monoisotopic (exact) mass is 384 g/mol. The predicted octanol–water partition coefficient (Wildman–Crippen LogP) is 4.66. The molecule has 3 rings (SSSR count). The van der Waals surface area contributed by atoms with E-state index in [1.54, 1.807) is 30.3 Å². The van der Waals surface area contributed by atoms with E-state index < -0.39 is 0 Å². The van der Waals surface area contributed by atoms with Crippen molar-refractivity contribution in [3.63, 3.8) is 0 Å². The van der Waals surface area contributed by atoms with Crippen LogP contribution in [0, 0.1) is 12.8 Å².